The molecule has 0 saturated carbocycles. The molecule has 6 nitrogen and oxygen atoms in total. The van der Waals surface area contributed by atoms with Crippen LogP contribution >= 0.6 is 0 Å². The molecule has 31 heavy (non-hydrogen) atoms. The first kappa shape index (κ1) is 19.3. The summed E-state index contributed by atoms with van der Waals surface area (Å²) in [6, 6.07) is 21.2. The number of halogens is 1. The number of hydroxylamine groups is 1. The van der Waals surface area contributed by atoms with Crippen LogP contribution in [0.3, 0.4) is 0 Å². The van der Waals surface area contributed by atoms with E-state index < -0.39 is 35.7 Å². The van der Waals surface area contributed by atoms with E-state index in [1.807, 2.05) is 18.2 Å². The Hall–Kier alpha value is -3.71. The molecule has 0 unspecified atom stereocenters. The van der Waals surface area contributed by atoms with Crippen LogP contribution in [0.15, 0.2) is 78.9 Å². The number of para-hydroxylation sites is 1. The van der Waals surface area contributed by atoms with Crippen LogP contribution in [-0.2, 0) is 14.4 Å². The van der Waals surface area contributed by atoms with Gasteiger partial charge in [0.1, 0.15) is 17.5 Å². The number of benzene rings is 3. The largest absolute Gasteiger partial charge is 0.497 e. The standard InChI is InChI=1S/C24H19FN2O4/c1-30-17-11-7-10-16(14-17)26-23(28)20-21(18-12-5-6-13-19(18)25)27(31-22(20)24(26)29)15-8-3-2-4-9-15/h2-14,20-22H,1H3/t20-,21+,22-/m0/s1. The highest BCUT2D eigenvalue weighted by molar-refractivity contribution is 6.24. The van der Waals surface area contributed by atoms with E-state index in [0.29, 0.717) is 22.7 Å². The molecule has 2 saturated heterocycles. The maximum absolute atomic E-state index is 14.8. The molecule has 156 valence electrons. The fourth-order valence-corrected chi connectivity index (χ4v) is 4.25. The molecule has 2 aliphatic heterocycles. The van der Waals surface area contributed by atoms with Crippen molar-refractivity contribution >= 4 is 23.2 Å². The lowest BCUT2D eigenvalue weighted by atomic mass is 9.90. The van der Waals surface area contributed by atoms with Crippen LogP contribution < -0.4 is 14.7 Å². The lowest BCUT2D eigenvalue weighted by molar-refractivity contribution is -0.126. The summed E-state index contributed by atoms with van der Waals surface area (Å²) in [5.41, 5.74) is 1.33. The van der Waals surface area contributed by atoms with Gasteiger partial charge in [0.05, 0.1) is 24.5 Å². The topological polar surface area (TPSA) is 59.1 Å². The molecule has 0 bridgehead atoms. The first-order valence-corrected chi connectivity index (χ1v) is 9.87. The molecule has 2 heterocycles. The van der Waals surface area contributed by atoms with Crippen LogP contribution in [-0.4, -0.2) is 25.0 Å². The van der Waals surface area contributed by atoms with E-state index >= 15 is 0 Å². The lowest BCUT2D eigenvalue weighted by Crippen LogP contribution is -2.37. The van der Waals surface area contributed by atoms with Gasteiger partial charge in [0.15, 0.2) is 6.10 Å². The highest BCUT2D eigenvalue weighted by Crippen LogP contribution is 2.48. The Bertz CT molecular complexity index is 1150. The van der Waals surface area contributed by atoms with Gasteiger partial charge in [0.2, 0.25) is 5.91 Å². The molecule has 0 aromatic heterocycles. The lowest BCUT2D eigenvalue weighted by Gasteiger charge is -2.29. The zero-order valence-electron chi connectivity index (χ0n) is 16.6. The molecule has 2 aliphatic rings. The minimum absolute atomic E-state index is 0.299. The molecule has 3 atom stereocenters. The van der Waals surface area contributed by atoms with E-state index in [-0.39, 0.29) is 0 Å². The van der Waals surface area contributed by atoms with E-state index in [2.05, 4.69) is 0 Å². The summed E-state index contributed by atoms with van der Waals surface area (Å²) in [6.07, 6.45) is -1.05. The number of ether oxygens (including phenoxy) is 1. The summed E-state index contributed by atoms with van der Waals surface area (Å²) >= 11 is 0. The Balaban J connectivity index is 1.60. The Kier molecular flexibility index (Phi) is 4.67. The first-order valence-electron chi connectivity index (χ1n) is 9.87. The third kappa shape index (κ3) is 3.05. The number of imide groups is 1. The number of hydrogen-bond acceptors (Lipinski definition) is 5. The van der Waals surface area contributed by atoms with Gasteiger partial charge in [-0.05, 0) is 30.3 Å². The van der Waals surface area contributed by atoms with E-state index in [1.54, 1.807) is 54.6 Å². The molecule has 5 rings (SSSR count). The molecule has 0 radical (unpaired) electrons. The Morgan fingerprint density at radius 2 is 1.58 bits per heavy atom. The third-order valence-electron chi connectivity index (χ3n) is 5.66. The predicted molar refractivity (Wildman–Crippen MR) is 112 cm³/mol. The summed E-state index contributed by atoms with van der Waals surface area (Å²) < 4.78 is 20.0. The number of hydrogen-bond donors (Lipinski definition) is 0. The van der Waals surface area contributed by atoms with Gasteiger partial charge >= 0.3 is 0 Å². The van der Waals surface area contributed by atoms with Crippen molar-refractivity contribution in [2.45, 2.75) is 12.1 Å². The molecule has 2 fully saturated rings. The van der Waals surface area contributed by atoms with Gasteiger partial charge in [0, 0.05) is 11.6 Å². The minimum Gasteiger partial charge on any atom is -0.497 e. The maximum Gasteiger partial charge on any atom is 0.266 e. The van der Waals surface area contributed by atoms with E-state index in [1.165, 1.54) is 18.2 Å². The Labute approximate surface area is 178 Å². The maximum atomic E-state index is 14.8. The van der Waals surface area contributed by atoms with Gasteiger partial charge in [-0.25, -0.2) is 14.4 Å². The smallest absolute Gasteiger partial charge is 0.266 e. The van der Waals surface area contributed by atoms with Crippen LogP contribution in [0.25, 0.3) is 0 Å². The average molecular weight is 418 g/mol. The molecular weight excluding hydrogens is 399 g/mol. The van der Waals surface area contributed by atoms with Gasteiger partial charge in [-0.1, -0.05) is 42.5 Å². The Morgan fingerprint density at radius 1 is 0.871 bits per heavy atom. The summed E-state index contributed by atoms with van der Waals surface area (Å²) in [5, 5.41) is 1.48. The quantitative estimate of drug-likeness (QED) is 0.602. The van der Waals surface area contributed by atoms with Gasteiger partial charge in [-0.2, -0.15) is 0 Å². The molecule has 0 N–H and O–H groups in total. The molecule has 2 amide bonds. The van der Waals surface area contributed by atoms with Crippen molar-refractivity contribution in [3.05, 3.63) is 90.2 Å². The summed E-state index contributed by atoms with van der Waals surface area (Å²) in [4.78, 5) is 33.9. The van der Waals surface area contributed by atoms with Gasteiger partial charge < -0.3 is 4.74 Å². The van der Waals surface area contributed by atoms with Crippen molar-refractivity contribution in [1.29, 1.82) is 0 Å². The zero-order chi connectivity index (χ0) is 21.5. The van der Waals surface area contributed by atoms with Crippen LogP contribution in [0.4, 0.5) is 15.8 Å². The van der Waals surface area contributed by atoms with Gasteiger partial charge in [-0.15, -0.1) is 0 Å². The summed E-state index contributed by atoms with van der Waals surface area (Å²) in [6.45, 7) is 0. The zero-order valence-corrected chi connectivity index (χ0v) is 16.6. The van der Waals surface area contributed by atoms with E-state index in [9.17, 15) is 14.0 Å². The van der Waals surface area contributed by atoms with Crippen molar-refractivity contribution < 1.29 is 23.6 Å². The average Bonchev–Trinajstić information content (AvgIpc) is 3.31. The number of methoxy groups -OCH3 is 1. The second-order valence-corrected chi connectivity index (χ2v) is 7.39. The fourth-order valence-electron chi connectivity index (χ4n) is 4.25. The predicted octanol–water partition coefficient (Wildman–Crippen LogP) is 3.89. The highest BCUT2D eigenvalue weighted by Gasteiger charge is 2.60. The fraction of sp³-hybridized carbons (Fsp3) is 0.167. The second kappa shape index (κ2) is 7.52. The van der Waals surface area contributed by atoms with Crippen LogP contribution in [0.5, 0.6) is 5.75 Å². The van der Waals surface area contributed by atoms with Gasteiger partial charge in [-0.3, -0.25) is 14.4 Å². The van der Waals surface area contributed by atoms with E-state index in [4.69, 9.17) is 9.57 Å². The second-order valence-electron chi connectivity index (χ2n) is 7.39. The Morgan fingerprint density at radius 3 is 2.32 bits per heavy atom. The number of amides is 2. The molecule has 3 aromatic rings. The minimum atomic E-state index is -1.05. The number of fused-ring (bicyclic) bond motifs is 1. The molecule has 0 aliphatic carbocycles. The monoisotopic (exact) mass is 418 g/mol. The molecule has 0 spiro atoms. The van der Waals surface area contributed by atoms with Crippen LogP contribution in [0.2, 0.25) is 0 Å². The SMILES string of the molecule is COc1cccc(N2C(=O)[C@@H]3[C@H](ON(c4ccccc4)[C@@H]3c3ccccc3F)C2=O)c1. The molecular formula is C24H19FN2O4. The van der Waals surface area contributed by atoms with Crippen LogP contribution in [0, 0.1) is 11.7 Å². The van der Waals surface area contributed by atoms with Crippen molar-refractivity contribution in [3.8, 4) is 5.75 Å². The molecule has 7 heteroatoms. The normalized spacial score (nSPS) is 22.7. The number of nitrogens with zero attached hydrogens (tertiary/aromatic N) is 2. The number of anilines is 2. The third-order valence-corrected chi connectivity index (χ3v) is 5.66. The number of rotatable bonds is 4. The van der Waals surface area contributed by atoms with Crippen molar-refractivity contribution in [2.24, 2.45) is 5.92 Å². The summed E-state index contributed by atoms with van der Waals surface area (Å²) in [5.74, 6) is -1.75. The number of carbonyl (C=O) groups excluding carboxylic acids is 2. The first-order chi connectivity index (χ1) is 15.1. The highest BCUT2D eigenvalue weighted by atomic mass is 19.1. The van der Waals surface area contributed by atoms with Gasteiger partial charge in [0.25, 0.3) is 5.91 Å². The summed E-state index contributed by atoms with van der Waals surface area (Å²) in [7, 11) is 1.51. The molecule has 3 aromatic carbocycles. The van der Waals surface area contributed by atoms with Crippen molar-refractivity contribution in [2.75, 3.05) is 17.1 Å². The number of carbonyl (C=O) groups is 2. The van der Waals surface area contributed by atoms with Crippen molar-refractivity contribution in [1.82, 2.24) is 0 Å². The van der Waals surface area contributed by atoms with Crippen LogP contribution in [0.1, 0.15) is 11.6 Å². The van der Waals surface area contributed by atoms with E-state index in [0.717, 1.165) is 4.90 Å². The van der Waals surface area contributed by atoms with Crippen molar-refractivity contribution in [3.63, 3.8) is 0 Å².